The summed E-state index contributed by atoms with van der Waals surface area (Å²) >= 11 is 1.28. The van der Waals surface area contributed by atoms with Gasteiger partial charge in [-0.25, -0.2) is 19.9 Å². The maximum atomic E-state index is 11.5. The Morgan fingerprint density at radius 3 is 2.79 bits per heavy atom. The first-order valence-corrected chi connectivity index (χ1v) is 6.84. The molecule has 0 aliphatic heterocycles. The molecule has 8 heteroatoms. The Kier molecular flexibility index (Phi) is 4.69. The van der Waals surface area contributed by atoms with Crippen LogP contribution in [-0.4, -0.2) is 31.8 Å². The summed E-state index contributed by atoms with van der Waals surface area (Å²) in [6.07, 6.45) is 4.40. The van der Waals surface area contributed by atoms with Crippen LogP contribution in [0.15, 0.2) is 27.5 Å². The molecular formula is C11H16N6OS. The van der Waals surface area contributed by atoms with Gasteiger partial charge in [-0.3, -0.25) is 4.57 Å². The van der Waals surface area contributed by atoms with Crippen LogP contribution in [0.1, 0.15) is 18.9 Å². The molecule has 2 rings (SSSR count). The molecule has 7 nitrogen and oxygen atoms in total. The van der Waals surface area contributed by atoms with Crippen molar-refractivity contribution in [3.8, 4) is 0 Å². The molecule has 0 amide bonds. The summed E-state index contributed by atoms with van der Waals surface area (Å²) in [5, 5.41) is 10.6. The Balaban J connectivity index is 2.14. The van der Waals surface area contributed by atoms with Gasteiger partial charge in [-0.2, -0.15) is 0 Å². The van der Waals surface area contributed by atoms with E-state index in [1.807, 2.05) is 14.0 Å². The van der Waals surface area contributed by atoms with Crippen molar-refractivity contribution in [2.24, 2.45) is 0 Å². The average molecular weight is 280 g/mol. The van der Waals surface area contributed by atoms with Crippen LogP contribution in [0.4, 0.5) is 0 Å². The third-order valence-electron chi connectivity index (χ3n) is 2.42. The van der Waals surface area contributed by atoms with Gasteiger partial charge in [0.1, 0.15) is 0 Å². The van der Waals surface area contributed by atoms with E-state index in [1.54, 1.807) is 17.0 Å². The van der Waals surface area contributed by atoms with Crippen molar-refractivity contribution in [2.75, 3.05) is 7.05 Å². The minimum atomic E-state index is -0.198. The zero-order valence-electron chi connectivity index (χ0n) is 10.9. The van der Waals surface area contributed by atoms with Crippen molar-refractivity contribution in [3.63, 3.8) is 0 Å². The van der Waals surface area contributed by atoms with E-state index in [-0.39, 0.29) is 5.69 Å². The zero-order valence-corrected chi connectivity index (χ0v) is 11.7. The quantitative estimate of drug-likeness (QED) is 0.755. The molecule has 0 radical (unpaired) electrons. The van der Waals surface area contributed by atoms with Crippen molar-refractivity contribution in [1.29, 1.82) is 0 Å². The molecular weight excluding hydrogens is 264 g/mol. The first-order valence-electron chi connectivity index (χ1n) is 6.03. The fourth-order valence-corrected chi connectivity index (χ4v) is 2.32. The van der Waals surface area contributed by atoms with Crippen LogP contribution in [0.3, 0.4) is 0 Å². The molecule has 0 fully saturated rings. The second-order valence-corrected chi connectivity index (χ2v) is 4.90. The molecule has 0 spiro atoms. The van der Waals surface area contributed by atoms with Crippen molar-refractivity contribution in [2.45, 2.75) is 36.7 Å². The fraction of sp³-hybridized carbons (Fsp3) is 0.455. The third-order valence-corrected chi connectivity index (χ3v) is 3.30. The van der Waals surface area contributed by atoms with Crippen LogP contribution < -0.4 is 11.0 Å². The maximum absolute atomic E-state index is 11.5. The molecule has 0 saturated carbocycles. The number of hydrogen-bond acceptors (Lipinski definition) is 6. The topological polar surface area (TPSA) is 88.5 Å². The molecule has 0 aliphatic carbocycles. The predicted octanol–water partition coefficient (Wildman–Crippen LogP) is 0.642. The predicted molar refractivity (Wildman–Crippen MR) is 72.1 cm³/mol. The lowest BCUT2D eigenvalue weighted by Crippen LogP contribution is -2.17. The number of rotatable bonds is 6. The SMILES string of the molecule is CCCn1c(Sc2ncc(CNC)cn2)n[nH]c1=O. The Morgan fingerprint density at radius 2 is 2.16 bits per heavy atom. The summed E-state index contributed by atoms with van der Waals surface area (Å²) in [6, 6.07) is 0. The number of aromatic amines is 1. The Bertz CT molecular complexity index is 576. The van der Waals surface area contributed by atoms with E-state index in [0.29, 0.717) is 16.9 Å². The van der Waals surface area contributed by atoms with E-state index in [4.69, 9.17) is 0 Å². The number of nitrogens with one attached hydrogen (secondary N) is 2. The molecule has 0 unspecified atom stereocenters. The smallest absolute Gasteiger partial charge is 0.316 e. The largest absolute Gasteiger partial charge is 0.343 e. The highest BCUT2D eigenvalue weighted by molar-refractivity contribution is 7.99. The number of aromatic nitrogens is 5. The van der Waals surface area contributed by atoms with E-state index >= 15 is 0 Å². The molecule has 102 valence electrons. The summed E-state index contributed by atoms with van der Waals surface area (Å²) in [7, 11) is 1.87. The second kappa shape index (κ2) is 6.48. The number of H-pyrrole nitrogens is 1. The van der Waals surface area contributed by atoms with Crippen LogP contribution in [0.5, 0.6) is 0 Å². The van der Waals surface area contributed by atoms with Gasteiger partial charge in [0.05, 0.1) is 0 Å². The summed E-state index contributed by atoms with van der Waals surface area (Å²) in [5.74, 6) is 0. The highest BCUT2D eigenvalue weighted by atomic mass is 32.2. The molecule has 0 saturated heterocycles. The van der Waals surface area contributed by atoms with Gasteiger partial charge in [0.25, 0.3) is 0 Å². The lowest BCUT2D eigenvalue weighted by molar-refractivity contribution is 0.603. The highest BCUT2D eigenvalue weighted by Crippen LogP contribution is 2.20. The lowest BCUT2D eigenvalue weighted by Gasteiger charge is -2.03. The molecule has 0 bridgehead atoms. The van der Waals surface area contributed by atoms with Gasteiger partial charge in [-0.1, -0.05) is 6.92 Å². The van der Waals surface area contributed by atoms with E-state index in [9.17, 15) is 4.79 Å². The highest BCUT2D eigenvalue weighted by Gasteiger charge is 2.10. The van der Waals surface area contributed by atoms with E-state index < -0.39 is 0 Å². The first-order chi connectivity index (χ1) is 9.24. The van der Waals surface area contributed by atoms with Gasteiger partial charge in [0, 0.05) is 31.0 Å². The van der Waals surface area contributed by atoms with E-state index in [2.05, 4.69) is 25.5 Å². The van der Waals surface area contributed by atoms with Gasteiger partial charge >= 0.3 is 5.69 Å². The molecule has 2 aromatic heterocycles. The van der Waals surface area contributed by atoms with Crippen molar-refractivity contribution in [3.05, 3.63) is 28.4 Å². The summed E-state index contributed by atoms with van der Waals surface area (Å²) < 4.78 is 1.59. The molecule has 2 N–H and O–H groups in total. The molecule has 0 aliphatic rings. The first kappa shape index (κ1) is 13.8. The molecule has 2 aromatic rings. The van der Waals surface area contributed by atoms with Crippen LogP contribution in [0, 0.1) is 0 Å². The lowest BCUT2D eigenvalue weighted by atomic mass is 10.3. The zero-order chi connectivity index (χ0) is 13.7. The number of nitrogens with zero attached hydrogens (tertiary/aromatic N) is 4. The van der Waals surface area contributed by atoms with Crippen molar-refractivity contribution in [1.82, 2.24) is 30.0 Å². The Hall–Kier alpha value is -1.67. The van der Waals surface area contributed by atoms with Gasteiger partial charge in [-0.15, -0.1) is 5.10 Å². The van der Waals surface area contributed by atoms with Crippen molar-refractivity contribution >= 4 is 11.8 Å². The fourth-order valence-electron chi connectivity index (χ4n) is 1.57. The van der Waals surface area contributed by atoms with Crippen LogP contribution >= 0.6 is 11.8 Å². The van der Waals surface area contributed by atoms with Crippen LogP contribution in [0.25, 0.3) is 0 Å². The summed E-state index contributed by atoms with van der Waals surface area (Å²) in [4.78, 5) is 20.0. The normalized spacial score (nSPS) is 10.8. The Morgan fingerprint density at radius 1 is 1.42 bits per heavy atom. The van der Waals surface area contributed by atoms with E-state index in [1.165, 1.54) is 11.8 Å². The maximum Gasteiger partial charge on any atom is 0.343 e. The molecule has 2 heterocycles. The standard InChI is InChI=1S/C11H16N6OS/c1-3-4-17-10(18)15-16-11(17)19-9-13-6-8(5-12-2)7-14-9/h6-7,12H,3-5H2,1-2H3,(H,15,18). The summed E-state index contributed by atoms with van der Waals surface area (Å²) in [5.41, 5.74) is 0.816. The van der Waals surface area contributed by atoms with Crippen LogP contribution in [0.2, 0.25) is 0 Å². The van der Waals surface area contributed by atoms with Gasteiger partial charge in [0.15, 0.2) is 10.3 Å². The minimum absolute atomic E-state index is 0.198. The second-order valence-electron chi connectivity index (χ2n) is 3.97. The Labute approximate surface area is 114 Å². The van der Waals surface area contributed by atoms with Gasteiger partial charge in [0.2, 0.25) is 0 Å². The molecule has 0 atom stereocenters. The average Bonchev–Trinajstić information content (AvgIpc) is 2.75. The molecule has 0 aromatic carbocycles. The monoisotopic (exact) mass is 280 g/mol. The summed E-state index contributed by atoms with van der Waals surface area (Å²) in [6.45, 7) is 3.38. The van der Waals surface area contributed by atoms with E-state index in [0.717, 1.165) is 18.5 Å². The number of hydrogen-bond donors (Lipinski definition) is 2. The van der Waals surface area contributed by atoms with Gasteiger partial charge in [-0.05, 0) is 25.2 Å². The van der Waals surface area contributed by atoms with Crippen molar-refractivity contribution < 1.29 is 0 Å². The minimum Gasteiger partial charge on any atom is -0.316 e. The third kappa shape index (κ3) is 3.42. The molecule has 19 heavy (non-hydrogen) atoms. The van der Waals surface area contributed by atoms with Crippen LogP contribution in [-0.2, 0) is 13.1 Å². The van der Waals surface area contributed by atoms with Gasteiger partial charge < -0.3 is 5.32 Å².